The zero-order chi connectivity index (χ0) is 17.8. The summed E-state index contributed by atoms with van der Waals surface area (Å²) in [5.74, 6) is 2.01. The van der Waals surface area contributed by atoms with Gasteiger partial charge in [-0.3, -0.25) is 4.90 Å². The summed E-state index contributed by atoms with van der Waals surface area (Å²) >= 11 is 0. The Hall–Kier alpha value is -2.42. The third-order valence-electron chi connectivity index (χ3n) is 4.40. The highest BCUT2D eigenvalue weighted by Gasteiger charge is 2.27. The Morgan fingerprint density at radius 2 is 2.04 bits per heavy atom. The van der Waals surface area contributed by atoms with E-state index >= 15 is 0 Å². The van der Waals surface area contributed by atoms with E-state index in [4.69, 9.17) is 9.05 Å². The van der Waals surface area contributed by atoms with Crippen LogP contribution in [0.4, 0.5) is 4.79 Å². The van der Waals surface area contributed by atoms with Crippen LogP contribution in [-0.2, 0) is 13.0 Å². The standard InChI is InChI=1S/C16H24N6O3/c1-4-14-18-15(25-20-14)12(3)21-5-7-22(8-6-21)16(23)17-10-13-9-11(2)19-24-13/h9,12H,4-8,10H2,1-3H3,(H,17,23)/t12-/m0/s1. The van der Waals surface area contributed by atoms with Gasteiger partial charge in [0.2, 0.25) is 5.89 Å². The fourth-order valence-corrected chi connectivity index (χ4v) is 2.82. The summed E-state index contributed by atoms with van der Waals surface area (Å²) in [4.78, 5) is 20.7. The summed E-state index contributed by atoms with van der Waals surface area (Å²) in [7, 11) is 0. The Kier molecular flexibility index (Phi) is 5.32. The van der Waals surface area contributed by atoms with E-state index in [1.807, 2.05) is 19.9 Å². The van der Waals surface area contributed by atoms with E-state index in [-0.39, 0.29) is 12.1 Å². The van der Waals surface area contributed by atoms with Crippen LogP contribution in [0.15, 0.2) is 15.1 Å². The Labute approximate surface area is 146 Å². The first-order chi connectivity index (χ1) is 12.1. The summed E-state index contributed by atoms with van der Waals surface area (Å²) < 4.78 is 10.4. The van der Waals surface area contributed by atoms with Crippen molar-refractivity contribution in [2.75, 3.05) is 26.2 Å². The Balaban J connectivity index is 1.46. The fraction of sp³-hybridized carbons (Fsp3) is 0.625. The van der Waals surface area contributed by atoms with Gasteiger partial charge in [-0.05, 0) is 13.8 Å². The molecule has 3 rings (SSSR count). The second-order valence-corrected chi connectivity index (χ2v) is 6.19. The predicted octanol–water partition coefficient (Wildman–Crippen LogP) is 1.52. The molecule has 1 aliphatic heterocycles. The molecule has 1 saturated heterocycles. The van der Waals surface area contributed by atoms with E-state index in [2.05, 4.69) is 32.4 Å². The molecule has 3 heterocycles. The second kappa shape index (κ2) is 7.64. The monoisotopic (exact) mass is 348 g/mol. The van der Waals surface area contributed by atoms with Gasteiger partial charge in [0.25, 0.3) is 0 Å². The average Bonchev–Trinajstić information content (AvgIpc) is 3.28. The average molecular weight is 348 g/mol. The number of aromatic nitrogens is 3. The van der Waals surface area contributed by atoms with Crippen LogP contribution in [0.1, 0.15) is 43.1 Å². The molecule has 1 atom stereocenters. The number of amides is 2. The van der Waals surface area contributed by atoms with Crippen LogP contribution < -0.4 is 5.32 Å². The van der Waals surface area contributed by atoms with Crippen LogP contribution >= 0.6 is 0 Å². The minimum Gasteiger partial charge on any atom is -0.359 e. The molecule has 2 amide bonds. The maximum atomic E-state index is 12.3. The van der Waals surface area contributed by atoms with Crippen molar-refractivity contribution < 1.29 is 13.8 Å². The number of urea groups is 1. The fourth-order valence-electron chi connectivity index (χ4n) is 2.82. The quantitative estimate of drug-likeness (QED) is 0.874. The molecule has 0 spiro atoms. The van der Waals surface area contributed by atoms with Gasteiger partial charge in [0.15, 0.2) is 11.6 Å². The number of piperazine rings is 1. The summed E-state index contributed by atoms with van der Waals surface area (Å²) in [5.41, 5.74) is 0.805. The Morgan fingerprint density at radius 1 is 1.28 bits per heavy atom. The van der Waals surface area contributed by atoms with Crippen molar-refractivity contribution in [3.63, 3.8) is 0 Å². The molecule has 2 aromatic heterocycles. The van der Waals surface area contributed by atoms with Gasteiger partial charge in [0.1, 0.15) is 0 Å². The third-order valence-corrected chi connectivity index (χ3v) is 4.40. The van der Waals surface area contributed by atoms with Crippen molar-refractivity contribution in [3.05, 3.63) is 29.2 Å². The number of hydrogen-bond donors (Lipinski definition) is 1. The zero-order valence-electron chi connectivity index (χ0n) is 14.9. The maximum absolute atomic E-state index is 12.3. The number of aryl methyl sites for hydroxylation is 2. The molecule has 0 saturated carbocycles. The highest BCUT2D eigenvalue weighted by Crippen LogP contribution is 2.20. The molecule has 1 fully saturated rings. The molecular weight excluding hydrogens is 324 g/mol. The van der Waals surface area contributed by atoms with Crippen molar-refractivity contribution in [2.45, 2.75) is 39.8 Å². The highest BCUT2D eigenvalue weighted by atomic mass is 16.5. The molecule has 1 N–H and O–H groups in total. The van der Waals surface area contributed by atoms with Crippen LogP contribution in [0.5, 0.6) is 0 Å². The molecule has 9 heteroatoms. The summed E-state index contributed by atoms with van der Waals surface area (Å²) in [6.07, 6.45) is 0.759. The number of rotatable bonds is 5. The molecule has 136 valence electrons. The van der Waals surface area contributed by atoms with Crippen molar-refractivity contribution >= 4 is 6.03 Å². The van der Waals surface area contributed by atoms with E-state index in [0.717, 1.165) is 31.0 Å². The first kappa shape index (κ1) is 17.4. The smallest absolute Gasteiger partial charge is 0.317 e. The SMILES string of the molecule is CCc1noc([C@H](C)N2CCN(C(=O)NCc3cc(C)no3)CC2)n1. The van der Waals surface area contributed by atoms with Gasteiger partial charge in [-0.15, -0.1) is 0 Å². The van der Waals surface area contributed by atoms with Crippen LogP contribution in [0.2, 0.25) is 0 Å². The molecular formula is C16H24N6O3. The lowest BCUT2D eigenvalue weighted by Gasteiger charge is -2.36. The van der Waals surface area contributed by atoms with E-state index < -0.39 is 0 Å². The van der Waals surface area contributed by atoms with Crippen molar-refractivity contribution in [1.82, 2.24) is 30.4 Å². The third kappa shape index (κ3) is 4.16. The lowest BCUT2D eigenvalue weighted by atomic mass is 10.2. The van der Waals surface area contributed by atoms with Gasteiger partial charge in [-0.1, -0.05) is 17.2 Å². The predicted molar refractivity (Wildman–Crippen MR) is 88.7 cm³/mol. The second-order valence-electron chi connectivity index (χ2n) is 6.19. The number of nitrogens with zero attached hydrogens (tertiary/aromatic N) is 5. The van der Waals surface area contributed by atoms with Crippen LogP contribution in [0.3, 0.4) is 0 Å². The van der Waals surface area contributed by atoms with Gasteiger partial charge < -0.3 is 19.3 Å². The molecule has 0 bridgehead atoms. The van der Waals surface area contributed by atoms with Gasteiger partial charge in [0.05, 0.1) is 18.3 Å². The largest absolute Gasteiger partial charge is 0.359 e. The van der Waals surface area contributed by atoms with E-state index in [1.165, 1.54) is 0 Å². The Bertz CT molecular complexity index is 704. The first-order valence-electron chi connectivity index (χ1n) is 8.58. The number of hydrogen-bond acceptors (Lipinski definition) is 7. The van der Waals surface area contributed by atoms with Crippen molar-refractivity contribution in [1.29, 1.82) is 0 Å². The topological polar surface area (TPSA) is 101 Å². The normalized spacial score (nSPS) is 16.8. The molecule has 1 aliphatic rings. The first-order valence-corrected chi connectivity index (χ1v) is 8.58. The van der Waals surface area contributed by atoms with E-state index in [0.29, 0.717) is 31.3 Å². The summed E-state index contributed by atoms with van der Waals surface area (Å²) in [5, 5.41) is 10.6. The van der Waals surface area contributed by atoms with Gasteiger partial charge in [-0.2, -0.15) is 4.98 Å². The number of carbonyl (C=O) groups is 1. The zero-order valence-corrected chi connectivity index (χ0v) is 14.9. The van der Waals surface area contributed by atoms with E-state index in [1.54, 1.807) is 4.90 Å². The number of carbonyl (C=O) groups excluding carboxylic acids is 1. The molecule has 0 unspecified atom stereocenters. The highest BCUT2D eigenvalue weighted by molar-refractivity contribution is 5.74. The number of nitrogens with one attached hydrogen (secondary N) is 1. The lowest BCUT2D eigenvalue weighted by Crippen LogP contribution is -2.52. The van der Waals surface area contributed by atoms with Crippen LogP contribution in [0.25, 0.3) is 0 Å². The minimum atomic E-state index is -0.0904. The van der Waals surface area contributed by atoms with Gasteiger partial charge in [-0.25, -0.2) is 4.79 Å². The van der Waals surface area contributed by atoms with Crippen LogP contribution in [0, 0.1) is 6.92 Å². The molecule has 0 aromatic carbocycles. The van der Waals surface area contributed by atoms with Crippen molar-refractivity contribution in [2.24, 2.45) is 0 Å². The Morgan fingerprint density at radius 3 is 2.64 bits per heavy atom. The molecule has 2 aromatic rings. The molecule has 25 heavy (non-hydrogen) atoms. The maximum Gasteiger partial charge on any atom is 0.317 e. The van der Waals surface area contributed by atoms with Crippen LogP contribution in [-0.4, -0.2) is 57.3 Å². The van der Waals surface area contributed by atoms with Gasteiger partial charge >= 0.3 is 6.03 Å². The minimum absolute atomic E-state index is 0.0511. The summed E-state index contributed by atoms with van der Waals surface area (Å²) in [6.45, 7) is 9.08. The molecule has 0 radical (unpaired) electrons. The molecule has 0 aliphatic carbocycles. The van der Waals surface area contributed by atoms with Gasteiger partial charge in [0, 0.05) is 38.7 Å². The van der Waals surface area contributed by atoms with Crippen molar-refractivity contribution in [3.8, 4) is 0 Å². The lowest BCUT2D eigenvalue weighted by molar-refractivity contribution is 0.0997. The van der Waals surface area contributed by atoms with E-state index in [9.17, 15) is 4.79 Å². The molecule has 9 nitrogen and oxygen atoms in total. The summed E-state index contributed by atoms with van der Waals surface area (Å²) in [6, 6.07) is 1.78.